The molecule has 0 aliphatic rings. The second-order valence-corrected chi connectivity index (χ2v) is 2.61. The molecule has 0 radical (unpaired) electrons. The average molecular weight is 216 g/mol. The molecule has 0 aliphatic heterocycles. The normalized spacial score (nSPS) is 9.80. The number of carbonyl (C=O) groups is 2. The van der Waals surface area contributed by atoms with Crippen LogP contribution in [0.2, 0.25) is 0 Å². The molecule has 2 N–H and O–H groups in total. The summed E-state index contributed by atoms with van der Waals surface area (Å²) in [7, 11) is 2.89. The number of nitrogens with one attached hydrogen (secondary N) is 2. The van der Waals surface area contributed by atoms with Gasteiger partial charge in [-0.25, -0.2) is 0 Å². The number of rotatable bonds is 6. The lowest BCUT2D eigenvalue weighted by Gasteiger charge is -2.13. The Morgan fingerprint density at radius 3 is 2.27 bits per heavy atom. The van der Waals surface area contributed by atoms with Crippen LogP contribution in [0.4, 0.5) is 0 Å². The minimum atomic E-state index is -0.726. The molecule has 0 aliphatic carbocycles. The fraction of sp³-hybridized carbons (Fsp3) is 0.556. The lowest BCUT2D eigenvalue weighted by Crippen LogP contribution is -2.43. The van der Waals surface area contributed by atoms with Gasteiger partial charge in [-0.3, -0.25) is 9.59 Å². The van der Waals surface area contributed by atoms with Crippen molar-refractivity contribution in [2.24, 2.45) is 0 Å². The number of methoxy groups -OCH3 is 2. The molecule has 0 unspecified atom stereocenters. The van der Waals surface area contributed by atoms with E-state index in [2.05, 4.69) is 17.2 Å². The fourth-order valence-corrected chi connectivity index (χ4v) is 0.764. The van der Waals surface area contributed by atoms with Crippen LogP contribution in [-0.2, 0) is 19.1 Å². The van der Waals surface area contributed by atoms with Crippen molar-refractivity contribution in [2.45, 2.75) is 6.29 Å². The van der Waals surface area contributed by atoms with E-state index in [-0.39, 0.29) is 13.1 Å². The minimum absolute atomic E-state index is 0.118. The third kappa shape index (κ3) is 5.82. The van der Waals surface area contributed by atoms with Crippen molar-refractivity contribution in [1.82, 2.24) is 10.6 Å². The Balaban J connectivity index is 3.81. The van der Waals surface area contributed by atoms with E-state index in [1.165, 1.54) is 20.3 Å². The molecule has 2 amide bonds. The quantitative estimate of drug-likeness (QED) is 0.340. The predicted octanol–water partition coefficient (Wildman–Crippen LogP) is -0.976. The third-order valence-electron chi connectivity index (χ3n) is 1.57. The molecule has 0 saturated heterocycles. The number of amides is 2. The van der Waals surface area contributed by atoms with Crippen LogP contribution in [0, 0.1) is 0 Å². The molecule has 15 heavy (non-hydrogen) atoms. The van der Waals surface area contributed by atoms with Crippen molar-refractivity contribution in [2.75, 3.05) is 27.3 Å². The molecular formula is C9H16N2O4. The van der Waals surface area contributed by atoms with Crippen molar-refractivity contribution in [3.05, 3.63) is 12.7 Å². The van der Waals surface area contributed by atoms with Gasteiger partial charge in [0.15, 0.2) is 6.29 Å². The maximum atomic E-state index is 11.1. The van der Waals surface area contributed by atoms with Gasteiger partial charge in [-0.15, -0.1) is 6.58 Å². The first kappa shape index (κ1) is 13.6. The standard InChI is InChI=1S/C9H16N2O4/c1-4-5-10-8(12)9(13)11-6-7(14-2)15-3/h4,7H,1,5-6H2,2-3H3,(H,10,12)(H,11,13). The minimum Gasteiger partial charge on any atom is -0.354 e. The first-order valence-corrected chi connectivity index (χ1v) is 4.38. The highest BCUT2D eigenvalue weighted by atomic mass is 16.7. The van der Waals surface area contributed by atoms with Gasteiger partial charge in [-0.05, 0) is 0 Å². The summed E-state index contributed by atoms with van der Waals surface area (Å²) in [6.07, 6.45) is 0.930. The molecule has 0 saturated carbocycles. The summed E-state index contributed by atoms with van der Waals surface area (Å²) in [4.78, 5) is 22.2. The monoisotopic (exact) mass is 216 g/mol. The molecule has 0 heterocycles. The number of hydrogen-bond acceptors (Lipinski definition) is 4. The van der Waals surface area contributed by atoms with Gasteiger partial charge in [0.25, 0.3) is 0 Å². The summed E-state index contributed by atoms with van der Waals surface area (Å²) < 4.78 is 9.65. The van der Waals surface area contributed by atoms with E-state index in [9.17, 15) is 9.59 Å². The maximum absolute atomic E-state index is 11.1. The summed E-state index contributed by atoms with van der Waals surface area (Å²) in [5.41, 5.74) is 0. The summed E-state index contributed by atoms with van der Waals surface area (Å²) in [6, 6.07) is 0. The van der Waals surface area contributed by atoms with E-state index in [0.29, 0.717) is 0 Å². The van der Waals surface area contributed by atoms with Crippen molar-refractivity contribution in [3.63, 3.8) is 0 Å². The number of carbonyl (C=O) groups excluding carboxylic acids is 2. The highest BCUT2D eigenvalue weighted by Gasteiger charge is 2.14. The number of ether oxygens (including phenoxy) is 2. The van der Waals surface area contributed by atoms with Crippen LogP contribution in [0.3, 0.4) is 0 Å². The lowest BCUT2D eigenvalue weighted by molar-refractivity contribution is -0.141. The third-order valence-corrected chi connectivity index (χ3v) is 1.57. The second kappa shape index (κ2) is 7.95. The van der Waals surface area contributed by atoms with Gasteiger partial charge in [0.2, 0.25) is 0 Å². The molecule has 0 aromatic rings. The molecule has 0 spiro atoms. The van der Waals surface area contributed by atoms with E-state index in [4.69, 9.17) is 9.47 Å². The van der Waals surface area contributed by atoms with Gasteiger partial charge in [-0.2, -0.15) is 0 Å². The molecule has 0 fully saturated rings. The summed E-state index contributed by atoms with van der Waals surface area (Å²) in [5, 5.41) is 4.70. The maximum Gasteiger partial charge on any atom is 0.309 e. The molecule has 6 nitrogen and oxygen atoms in total. The van der Waals surface area contributed by atoms with Crippen LogP contribution in [0.1, 0.15) is 0 Å². The second-order valence-electron chi connectivity index (χ2n) is 2.61. The number of hydrogen-bond donors (Lipinski definition) is 2. The largest absolute Gasteiger partial charge is 0.354 e. The fourth-order valence-electron chi connectivity index (χ4n) is 0.764. The Kier molecular flexibility index (Phi) is 7.21. The van der Waals surface area contributed by atoms with Gasteiger partial charge >= 0.3 is 11.8 Å². The summed E-state index contributed by atoms with van der Waals surface area (Å²) in [5.74, 6) is -1.43. The Hall–Kier alpha value is -1.40. The van der Waals surface area contributed by atoms with Crippen molar-refractivity contribution in [3.8, 4) is 0 Å². The lowest BCUT2D eigenvalue weighted by atomic mass is 10.5. The van der Waals surface area contributed by atoms with Gasteiger partial charge < -0.3 is 20.1 Å². The van der Waals surface area contributed by atoms with E-state index in [0.717, 1.165) is 0 Å². The molecule has 0 aromatic carbocycles. The molecule has 86 valence electrons. The van der Waals surface area contributed by atoms with Crippen LogP contribution >= 0.6 is 0 Å². The SMILES string of the molecule is C=CCNC(=O)C(=O)NCC(OC)OC. The van der Waals surface area contributed by atoms with Crippen LogP contribution < -0.4 is 10.6 Å². The first-order chi connectivity index (χ1) is 7.15. The first-order valence-electron chi connectivity index (χ1n) is 4.38. The van der Waals surface area contributed by atoms with Crippen LogP contribution in [0.25, 0.3) is 0 Å². The van der Waals surface area contributed by atoms with Crippen molar-refractivity contribution < 1.29 is 19.1 Å². The topological polar surface area (TPSA) is 76.7 Å². The highest BCUT2D eigenvalue weighted by molar-refractivity contribution is 6.35. The Morgan fingerprint density at radius 1 is 1.27 bits per heavy atom. The van der Waals surface area contributed by atoms with E-state index in [1.807, 2.05) is 0 Å². The predicted molar refractivity (Wildman–Crippen MR) is 54.0 cm³/mol. The van der Waals surface area contributed by atoms with Crippen molar-refractivity contribution >= 4 is 11.8 Å². The zero-order valence-corrected chi connectivity index (χ0v) is 8.91. The van der Waals surface area contributed by atoms with Gasteiger partial charge in [0.05, 0.1) is 6.54 Å². The zero-order chi connectivity index (χ0) is 11.7. The van der Waals surface area contributed by atoms with E-state index in [1.54, 1.807) is 0 Å². The van der Waals surface area contributed by atoms with Gasteiger partial charge in [0, 0.05) is 20.8 Å². The molecule has 0 aromatic heterocycles. The van der Waals surface area contributed by atoms with Crippen LogP contribution in [0.15, 0.2) is 12.7 Å². The molecule has 0 atom stereocenters. The summed E-state index contributed by atoms with van der Waals surface area (Å²) in [6.45, 7) is 3.78. The van der Waals surface area contributed by atoms with Gasteiger partial charge in [0.1, 0.15) is 0 Å². The molecule has 0 rings (SSSR count). The Morgan fingerprint density at radius 2 is 1.80 bits per heavy atom. The van der Waals surface area contributed by atoms with E-state index >= 15 is 0 Å². The molecule has 6 heteroatoms. The van der Waals surface area contributed by atoms with Crippen molar-refractivity contribution in [1.29, 1.82) is 0 Å². The van der Waals surface area contributed by atoms with Gasteiger partial charge in [-0.1, -0.05) is 6.08 Å². The zero-order valence-electron chi connectivity index (χ0n) is 8.91. The molecular weight excluding hydrogens is 200 g/mol. The average Bonchev–Trinajstić information content (AvgIpc) is 2.26. The summed E-state index contributed by atoms with van der Waals surface area (Å²) >= 11 is 0. The van der Waals surface area contributed by atoms with Crippen LogP contribution in [0.5, 0.6) is 0 Å². The Labute approximate surface area is 88.6 Å². The smallest absolute Gasteiger partial charge is 0.309 e. The van der Waals surface area contributed by atoms with Crippen LogP contribution in [-0.4, -0.2) is 45.4 Å². The van der Waals surface area contributed by atoms with E-state index < -0.39 is 18.1 Å². The Bertz CT molecular complexity index is 226. The highest BCUT2D eigenvalue weighted by Crippen LogP contribution is 1.87. The molecule has 0 bridgehead atoms.